The summed E-state index contributed by atoms with van der Waals surface area (Å²) in [7, 11) is 1.87. The van der Waals surface area contributed by atoms with E-state index in [9.17, 15) is 4.79 Å². The summed E-state index contributed by atoms with van der Waals surface area (Å²) in [6, 6.07) is 10.3. The highest BCUT2D eigenvalue weighted by Gasteiger charge is 2.14. The van der Waals surface area contributed by atoms with Gasteiger partial charge in [0, 0.05) is 34.5 Å². The average molecular weight is 603 g/mol. The third-order valence-corrected chi connectivity index (χ3v) is 7.77. The second-order valence-corrected chi connectivity index (χ2v) is 11.0. The van der Waals surface area contributed by atoms with Gasteiger partial charge in [-0.15, -0.1) is 21.5 Å². The molecule has 0 aliphatic heterocycles. The van der Waals surface area contributed by atoms with Crippen molar-refractivity contribution >= 4 is 80.5 Å². The highest BCUT2D eigenvalue weighted by molar-refractivity contribution is 7.99. The Hall–Kier alpha value is -2.01. The SMILES string of the molecule is Cn1c(CCCOc2ccc(Cl)cc2Cl)nnc1SCC(=O)Nc1nc(-c2ccc(Cl)cc2Cl)cs1. The molecule has 188 valence electrons. The Labute approximate surface area is 236 Å². The lowest BCUT2D eigenvalue weighted by molar-refractivity contribution is -0.113. The van der Waals surface area contributed by atoms with Gasteiger partial charge >= 0.3 is 0 Å². The number of thioether (sulfide) groups is 1. The van der Waals surface area contributed by atoms with Crippen LogP contribution in [0.15, 0.2) is 46.9 Å². The van der Waals surface area contributed by atoms with Crippen LogP contribution in [0, 0.1) is 0 Å². The Morgan fingerprint density at radius 1 is 1.08 bits per heavy atom. The van der Waals surface area contributed by atoms with Crippen LogP contribution >= 0.6 is 69.5 Å². The fraction of sp³-hybridized carbons (Fsp3) is 0.217. The molecule has 0 aliphatic carbocycles. The van der Waals surface area contributed by atoms with Gasteiger partial charge in [-0.2, -0.15) is 0 Å². The first-order valence-corrected chi connectivity index (χ1v) is 14.0. The molecular weight excluding hydrogens is 584 g/mol. The van der Waals surface area contributed by atoms with Gasteiger partial charge in [0.2, 0.25) is 5.91 Å². The van der Waals surface area contributed by atoms with Gasteiger partial charge in [-0.1, -0.05) is 58.2 Å². The number of anilines is 1. The summed E-state index contributed by atoms with van der Waals surface area (Å²) in [5.74, 6) is 1.36. The van der Waals surface area contributed by atoms with Crippen molar-refractivity contribution < 1.29 is 9.53 Å². The van der Waals surface area contributed by atoms with E-state index in [-0.39, 0.29) is 11.7 Å². The lowest BCUT2D eigenvalue weighted by Crippen LogP contribution is -2.14. The Kier molecular flexibility index (Phi) is 9.38. The fourth-order valence-electron chi connectivity index (χ4n) is 3.13. The molecule has 4 rings (SSSR count). The molecule has 2 aromatic carbocycles. The summed E-state index contributed by atoms with van der Waals surface area (Å²) in [4.78, 5) is 16.9. The van der Waals surface area contributed by atoms with E-state index in [1.54, 1.807) is 36.4 Å². The van der Waals surface area contributed by atoms with E-state index in [2.05, 4.69) is 20.5 Å². The van der Waals surface area contributed by atoms with Crippen molar-refractivity contribution in [3.8, 4) is 17.0 Å². The van der Waals surface area contributed by atoms with Crippen LogP contribution in [0.1, 0.15) is 12.2 Å². The smallest absolute Gasteiger partial charge is 0.236 e. The number of rotatable bonds is 10. The number of carbonyl (C=O) groups excluding carboxylic acids is 1. The third-order valence-electron chi connectivity index (χ3n) is 4.91. The molecule has 2 heterocycles. The van der Waals surface area contributed by atoms with Crippen LogP contribution in [0.5, 0.6) is 5.75 Å². The number of hydrogen-bond donors (Lipinski definition) is 1. The van der Waals surface area contributed by atoms with Crippen molar-refractivity contribution in [2.24, 2.45) is 7.05 Å². The van der Waals surface area contributed by atoms with Gasteiger partial charge < -0.3 is 14.6 Å². The summed E-state index contributed by atoms with van der Waals surface area (Å²) >= 11 is 26.8. The fourth-order valence-corrected chi connectivity index (χ4v) is 5.56. The topological polar surface area (TPSA) is 81.9 Å². The number of nitrogens with zero attached hydrogens (tertiary/aromatic N) is 4. The van der Waals surface area contributed by atoms with E-state index in [1.165, 1.54) is 23.1 Å². The number of halogens is 4. The number of hydrogen-bond acceptors (Lipinski definition) is 7. The first-order chi connectivity index (χ1) is 17.3. The largest absolute Gasteiger partial charge is 0.492 e. The van der Waals surface area contributed by atoms with Crippen molar-refractivity contribution in [3.05, 3.63) is 67.7 Å². The number of carbonyl (C=O) groups is 1. The molecule has 0 saturated carbocycles. The van der Waals surface area contributed by atoms with Gasteiger partial charge in [0.1, 0.15) is 11.6 Å². The highest BCUT2D eigenvalue weighted by atomic mass is 35.5. The second-order valence-electron chi connectivity index (χ2n) is 7.48. The molecule has 0 fully saturated rings. The van der Waals surface area contributed by atoms with E-state index in [0.29, 0.717) is 54.8 Å². The lowest BCUT2D eigenvalue weighted by Gasteiger charge is -2.08. The van der Waals surface area contributed by atoms with Crippen LogP contribution in [0.25, 0.3) is 11.3 Å². The van der Waals surface area contributed by atoms with Gasteiger partial charge in [0.05, 0.1) is 28.1 Å². The first kappa shape index (κ1) is 27.0. The van der Waals surface area contributed by atoms with Gasteiger partial charge in [0.25, 0.3) is 0 Å². The van der Waals surface area contributed by atoms with Crippen LogP contribution in [-0.4, -0.2) is 38.0 Å². The summed E-state index contributed by atoms with van der Waals surface area (Å²) in [6.07, 6.45) is 1.39. The Morgan fingerprint density at radius 3 is 2.58 bits per heavy atom. The minimum atomic E-state index is -0.194. The minimum Gasteiger partial charge on any atom is -0.492 e. The lowest BCUT2D eigenvalue weighted by atomic mass is 10.2. The molecule has 0 radical (unpaired) electrons. The van der Waals surface area contributed by atoms with Gasteiger partial charge in [-0.25, -0.2) is 4.98 Å². The number of thiazole rings is 1. The Morgan fingerprint density at radius 2 is 1.83 bits per heavy atom. The number of aryl methyl sites for hydroxylation is 1. The number of ether oxygens (including phenoxy) is 1. The summed E-state index contributed by atoms with van der Waals surface area (Å²) < 4.78 is 7.59. The molecule has 0 spiro atoms. The van der Waals surface area contributed by atoms with Gasteiger partial charge in [-0.3, -0.25) is 4.79 Å². The van der Waals surface area contributed by atoms with Crippen molar-refractivity contribution in [1.82, 2.24) is 19.7 Å². The molecule has 0 aliphatic rings. The van der Waals surface area contributed by atoms with Crippen LogP contribution in [0.2, 0.25) is 20.1 Å². The molecule has 1 amide bonds. The van der Waals surface area contributed by atoms with Crippen molar-refractivity contribution in [2.75, 3.05) is 17.7 Å². The van der Waals surface area contributed by atoms with E-state index < -0.39 is 0 Å². The number of benzene rings is 2. The number of aromatic nitrogens is 4. The zero-order valence-corrected chi connectivity index (χ0v) is 23.5. The predicted octanol–water partition coefficient (Wildman–Crippen LogP) is 7.29. The van der Waals surface area contributed by atoms with E-state index in [0.717, 1.165) is 17.8 Å². The predicted molar refractivity (Wildman–Crippen MR) is 148 cm³/mol. The highest BCUT2D eigenvalue weighted by Crippen LogP contribution is 2.32. The van der Waals surface area contributed by atoms with E-state index >= 15 is 0 Å². The summed E-state index contributed by atoms with van der Waals surface area (Å²) in [5.41, 5.74) is 1.42. The molecule has 0 atom stereocenters. The molecule has 2 aromatic heterocycles. The van der Waals surface area contributed by atoms with Crippen molar-refractivity contribution in [3.63, 3.8) is 0 Å². The maximum atomic E-state index is 12.5. The molecule has 4 aromatic rings. The molecule has 0 saturated heterocycles. The minimum absolute atomic E-state index is 0.167. The molecule has 0 bridgehead atoms. The number of nitrogens with one attached hydrogen (secondary N) is 1. The standard InChI is InChI=1S/C23H19Cl4N5O2S2/c1-32-20(3-2-8-34-19-7-5-14(25)10-17(19)27)30-31-23(32)36-12-21(33)29-22-28-18(11-35-22)15-6-4-13(24)9-16(15)26/h4-7,9-11H,2-3,8,12H2,1H3,(H,28,29,33). The van der Waals surface area contributed by atoms with Crippen LogP contribution in [0.4, 0.5) is 5.13 Å². The first-order valence-electron chi connectivity index (χ1n) is 10.6. The molecule has 1 N–H and O–H groups in total. The molecule has 7 nitrogen and oxygen atoms in total. The Bertz CT molecular complexity index is 1380. The molecular formula is C23H19Cl4N5O2S2. The molecule has 13 heteroatoms. The second kappa shape index (κ2) is 12.5. The zero-order valence-electron chi connectivity index (χ0n) is 18.8. The van der Waals surface area contributed by atoms with Crippen molar-refractivity contribution in [2.45, 2.75) is 18.0 Å². The molecule has 36 heavy (non-hydrogen) atoms. The monoisotopic (exact) mass is 601 g/mol. The van der Waals surface area contributed by atoms with Gasteiger partial charge in [0.15, 0.2) is 10.3 Å². The van der Waals surface area contributed by atoms with Gasteiger partial charge in [-0.05, 0) is 42.8 Å². The average Bonchev–Trinajstić information content (AvgIpc) is 3.43. The quantitative estimate of drug-likeness (QED) is 0.151. The maximum Gasteiger partial charge on any atom is 0.236 e. The zero-order chi connectivity index (χ0) is 25.7. The Balaban J connectivity index is 1.24. The van der Waals surface area contributed by atoms with Crippen LogP contribution in [0.3, 0.4) is 0 Å². The van der Waals surface area contributed by atoms with E-state index in [1.807, 2.05) is 17.0 Å². The third kappa shape index (κ3) is 7.06. The molecule has 0 unspecified atom stereocenters. The van der Waals surface area contributed by atoms with Crippen LogP contribution in [-0.2, 0) is 18.3 Å². The van der Waals surface area contributed by atoms with Crippen molar-refractivity contribution in [1.29, 1.82) is 0 Å². The van der Waals surface area contributed by atoms with Crippen LogP contribution < -0.4 is 10.1 Å². The summed E-state index contributed by atoms with van der Waals surface area (Å²) in [6.45, 7) is 0.468. The number of amides is 1. The normalized spacial score (nSPS) is 11.0. The summed E-state index contributed by atoms with van der Waals surface area (Å²) in [5, 5.41) is 16.3. The maximum absolute atomic E-state index is 12.5. The van der Waals surface area contributed by atoms with E-state index in [4.69, 9.17) is 51.1 Å².